The van der Waals surface area contributed by atoms with Gasteiger partial charge in [-0.1, -0.05) is 19.1 Å². The lowest BCUT2D eigenvalue weighted by Gasteiger charge is -2.17. The number of imidazole rings is 1. The van der Waals surface area contributed by atoms with Crippen molar-refractivity contribution >= 4 is 5.91 Å². The Hall–Kier alpha value is -3.34. The highest BCUT2D eigenvalue weighted by Gasteiger charge is 2.37. The molecule has 0 aliphatic carbocycles. The lowest BCUT2D eigenvalue weighted by Crippen LogP contribution is -2.38. The molecule has 1 heterocycles. The molecule has 11 heteroatoms. The van der Waals surface area contributed by atoms with E-state index in [9.17, 15) is 31.1 Å². The van der Waals surface area contributed by atoms with Crippen LogP contribution in [0, 0.1) is 0 Å². The summed E-state index contributed by atoms with van der Waals surface area (Å²) in [4.78, 5) is 16.6. The predicted molar refractivity (Wildman–Crippen MR) is 112 cm³/mol. The summed E-state index contributed by atoms with van der Waals surface area (Å²) >= 11 is 0. The fourth-order valence-electron chi connectivity index (χ4n) is 3.33. The summed E-state index contributed by atoms with van der Waals surface area (Å²) < 4.78 is 85.5. The molecule has 1 aromatic heterocycles. The first-order valence-electron chi connectivity index (χ1n) is 10.2. The number of nitrogens with zero attached hydrogens (tertiary/aromatic N) is 2. The van der Waals surface area contributed by atoms with Crippen LogP contribution < -0.4 is 5.32 Å². The van der Waals surface area contributed by atoms with E-state index in [1.165, 1.54) is 48.5 Å². The third kappa shape index (κ3) is 5.77. The molecule has 0 bridgehead atoms. The number of rotatable bonds is 7. The second-order valence-corrected chi connectivity index (χ2v) is 7.52. The fourth-order valence-corrected chi connectivity index (χ4v) is 3.33. The van der Waals surface area contributed by atoms with E-state index >= 15 is 0 Å². The van der Waals surface area contributed by atoms with Crippen molar-refractivity contribution in [3.63, 3.8) is 0 Å². The van der Waals surface area contributed by atoms with Gasteiger partial charge in [-0.3, -0.25) is 9.36 Å². The predicted octanol–water partition coefficient (Wildman–Crippen LogP) is 5.73. The Morgan fingerprint density at radius 2 is 1.59 bits per heavy atom. The molecule has 0 aliphatic rings. The zero-order valence-electron chi connectivity index (χ0n) is 18.2. The molecule has 0 radical (unpaired) electrons. The molecule has 1 unspecified atom stereocenters. The molecular weight excluding hydrogens is 464 g/mol. The largest absolute Gasteiger partial charge is 0.416 e. The Kier molecular flexibility index (Phi) is 7.35. The minimum absolute atomic E-state index is 0.0847. The van der Waals surface area contributed by atoms with Gasteiger partial charge in [0.05, 0.1) is 36.3 Å². The van der Waals surface area contributed by atoms with Gasteiger partial charge in [0.1, 0.15) is 5.69 Å². The van der Waals surface area contributed by atoms with Gasteiger partial charge in [-0.15, -0.1) is 0 Å². The molecule has 0 saturated heterocycles. The van der Waals surface area contributed by atoms with Crippen molar-refractivity contribution in [2.45, 2.75) is 31.7 Å². The molecule has 34 heavy (non-hydrogen) atoms. The smallest absolute Gasteiger partial charge is 0.383 e. The molecular formula is C23H21F6N3O2. The summed E-state index contributed by atoms with van der Waals surface area (Å²) in [6, 6.07) is 6.93. The topological polar surface area (TPSA) is 56.1 Å². The van der Waals surface area contributed by atoms with Gasteiger partial charge in [0.25, 0.3) is 5.91 Å². The van der Waals surface area contributed by atoms with Crippen molar-refractivity contribution in [3.8, 4) is 16.8 Å². The first-order chi connectivity index (χ1) is 15.9. The minimum Gasteiger partial charge on any atom is -0.383 e. The van der Waals surface area contributed by atoms with E-state index in [0.717, 1.165) is 0 Å². The Balaban J connectivity index is 1.93. The number of ether oxygens (including phenoxy) is 1. The van der Waals surface area contributed by atoms with Crippen molar-refractivity contribution in [2.75, 3.05) is 13.7 Å². The standard InChI is InChI=1S/C23H21F6N3O2/c1-3-18(12-34-2)31-21(33)20-11-30-13-32(20)19-6-4-14(5-7-19)15-8-16(22(24,25)26)10-17(9-15)23(27,28)29/h4-11,13,18H,3,12H2,1-2H3,(H,31,33). The Bertz CT molecular complexity index is 1100. The zero-order valence-corrected chi connectivity index (χ0v) is 18.2. The second kappa shape index (κ2) is 9.88. The molecule has 0 fully saturated rings. The van der Waals surface area contributed by atoms with Gasteiger partial charge < -0.3 is 10.1 Å². The number of carbonyl (C=O) groups is 1. The van der Waals surface area contributed by atoms with Gasteiger partial charge in [0.2, 0.25) is 0 Å². The molecule has 182 valence electrons. The van der Waals surface area contributed by atoms with E-state index in [0.29, 0.717) is 30.8 Å². The van der Waals surface area contributed by atoms with Gasteiger partial charge in [-0.05, 0) is 47.9 Å². The van der Waals surface area contributed by atoms with Crippen LogP contribution in [0.2, 0.25) is 0 Å². The summed E-state index contributed by atoms with van der Waals surface area (Å²) in [6.07, 6.45) is -6.50. The highest BCUT2D eigenvalue weighted by Crippen LogP contribution is 2.38. The van der Waals surface area contributed by atoms with Gasteiger partial charge in [0, 0.05) is 12.8 Å². The third-order valence-electron chi connectivity index (χ3n) is 5.13. The molecule has 0 saturated carbocycles. The number of amides is 1. The molecule has 1 N–H and O–H groups in total. The van der Waals surface area contributed by atoms with E-state index in [4.69, 9.17) is 4.74 Å². The monoisotopic (exact) mass is 485 g/mol. The van der Waals surface area contributed by atoms with Crippen LogP contribution in [-0.2, 0) is 17.1 Å². The Labute approximate surface area is 191 Å². The lowest BCUT2D eigenvalue weighted by molar-refractivity contribution is -0.143. The number of nitrogens with one attached hydrogen (secondary N) is 1. The van der Waals surface area contributed by atoms with Crippen LogP contribution in [0.3, 0.4) is 0 Å². The molecule has 5 nitrogen and oxygen atoms in total. The lowest BCUT2D eigenvalue weighted by atomic mass is 9.99. The van der Waals surface area contributed by atoms with E-state index in [-0.39, 0.29) is 28.9 Å². The molecule has 0 aliphatic heterocycles. The first-order valence-corrected chi connectivity index (χ1v) is 10.2. The first kappa shape index (κ1) is 25.3. The average molecular weight is 485 g/mol. The highest BCUT2D eigenvalue weighted by atomic mass is 19.4. The maximum Gasteiger partial charge on any atom is 0.416 e. The van der Waals surface area contributed by atoms with Crippen LogP contribution in [0.15, 0.2) is 55.0 Å². The number of hydrogen-bond acceptors (Lipinski definition) is 3. The SMILES string of the molecule is CCC(COC)NC(=O)c1cncn1-c1ccc(-c2cc(C(F)(F)F)cc(C(F)(F)F)c2)cc1. The van der Waals surface area contributed by atoms with Gasteiger partial charge in [-0.2, -0.15) is 26.3 Å². The van der Waals surface area contributed by atoms with Crippen LogP contribution in [0.4, 0.5) is 26.3 Å². The average Bonchev–Trinajstić information content (AvgIpc) is 3.27. The number of methoxy groups -OCH3 is 1. The molecule has 3 rings (SSSR count). The van der Waals surface area contributed by atoms with Crippen LogP contribution in [-0.4, -0.2) is 35.2 Å². The molecule has 3 aromatic rings. The van der Waals surface area contributed by atoms with E-state index in [1.54, 1.807) is 0 Å². The summed E-state index contributed by atoms with van der Waals surface area (Å²) in [5, 5.41) is 2.82. The van der Waals surface area contributed by atoms with Crippen LogP contribution in [0.25, 0.3) is 16.8 Å². The summed E-state index contributed by atoms with van der Waals surface area (Å²) in [5.41, 5.74) is -2.21. The second-order valence-electron chi connectivity index (χ2n) is 7.52. The fraction of sp³-hybridized carbons (Fsp3) is 0.304. The van der Waals surface area contributed by atoms with Crippen LogP contribution >= 0.6 is 0 Å². The van der Waals surface area contributed by atoms with Gasteiger partial charge >= 0.3 is 12.4 Å². The van der Waals surface area contributed by atoms with E-state index < -0.39 is 29.4 Å². The van der Waals surface area contributed by atoms with Crippen molar-refractivity contribution in [3.05, 3.63) is 71.8 Å². The van der Waals surface area contributed by atoms with E-state index in [1.807, 2.05) is 6.92 Å². The zero-order chi connectivity index (χ0) is 25.1. The highest BCUT2D eigenvalue weighted by molar-refractivity contribution is 5.93. The molecule has 0 spiro atoms. The van der Waals surface area contributed by atoms with Gasteiger partial charge in [-0.25, -0.2) is 4.98 Å². The van der Waals surface area contributed by atoms with Crippen molar-refractivity contribution in [1.82, 2.24) is 14.9 Å². The Morgan fingerprint density at radius 1 is 1.00 bits per heavy atom. The van der Waals surface area contributed by atoms with Gasteiger partial charge in [0.15, 0.2) is 0 Å². The van der Waals surface area contributed by atoms with Crippen molar-refractivity contribution in [2.24, 2.45) is 0 Å². The molecule has 1 amide bonds. The molecule has 1 atom stereocenters. The number of hydrogen-bond donors (Lipinski definition) is 1. The van der Waals surface area contributed by atoms with Crippen molar-refractivity contribution in [1.29, 1.82) is 0 Å². The minimum atomic E-state index is -4.94. The van der Waals surface area contributed by atoms with E-state index in [2.05, 4.69) is 10.3 Å². The maximum atomic E-state index is 13.2. The third-order valence-corrected chi connectivity index (χ3v) is 5.13. The molecule has 2 aromatic carbocycles. The number of carbonyl (C=O) groups excluding carboxylic acids is 1. The maximum absolute atomic E-state index is 13.2. The number of aromatic nitrogens is 2. The number of benzene rings is 2. The number of halogens is 6. The number of alkyl halides is 6. The normalized spacial score (nSPS) is 13.1. The Morgan fingerprint density at radius 3 is 2.09 bits per heavy atom. The van der Waals surface area contributed by atoms with Crippen molar-refractivity contribution < 1.29 is 35.9 Å². The quantitative estimate of drug-likeness (QED) is 0.435. The summed E-state index contributed by atoms with van der Waals surface area (Å²) in [5.74, 6) is -0.404. The van der Waals surface area contributed by atoms with Crippen LogP contribution in [0.1, 0.15) is 35.0 Å². The summed E-state index contributed by atoms with van der Waals surface area (Å²) in [6.45, 7) is 2.21. The summed E-state index contributed by atoms with van der Waals surface area (Å²) in [7, 11) is 1.52. The van der Waals surface area contributed by atoms with Crippen LogP contribution in [0.5, 0.6) is 0 Å².